The molecule has 8 heteroatoms. The van der Waals surface area contributed by atoms with E-state index in [2.05, 4.69) is 45.2 Å². The molecule has 2 rings (SSSR count). The average Bonchev–Trinajstić information content (AvgIpc) is 2.55. The third-order valence-electron chi connectivity index (χ3n) is 3.30. The third-order valence-corrected chi connectivity index (χ3v) is 5.54. The Labute approximate surface area is 192 Å². The maximum atomic E-state index is 5.93. The van der Waals surface area contributed by atoms with E-state index in [0.717, 1.165) is 18.3 Å². The molecule has 0 fully saturated rings. The molecule has 0 unspecified atom stereocenters. The first-order chi connectivity index (χ1) is 12.2. The predicted octanol–water partition coefficient (Wildman–Crippen LogP) is 5.01. The van der Waals surface area contributed by atoms with Crippen molar-refractivity contribution in [2.24, 2.45) is 0 Å². The van der Waals surface area contributed by atoms with E-state index in [1.165, 1.54) is 0 Å². The summed E-state index contributed by atoms with van der Waals surface area (Å²) in [4.78, 5) is 3.51. The number of hydrogen-bond donors (Lipinski definition) is 0. The molecule has 0 heterocycles. The molecule has 0 aliphatic rings. The molecule has 0 atom stereocenters. The van der Waals surface area contributed by atoms with Gasteiger partial charge in [-0.3, -0.25) is 0 Å². The lowest BCUT2D eigenvalue weighted by molar-refractivity contribution is 0.446. The Hall–Kier alpha value is -0.720. The molecule has 26 heavy (non-hydrogen) atoms. The van der Waals surface area contributed by atoms with Crippen molar-refractivity contribution in [3.05, 3.63) is 43.5 Å². The molecule has 0 spiro atoms. The van der Waals surface area contributed by atoms with Crippen molar-refractivity contribution in [1.82, 2.24) is 9.80 Å². The fraction of sp³-hybridized carbons (Fsp3) is 0.222. The Kier molecular flexibility index (Phi) is 7.86. The Bertz CT molecular complexity index is 772. The smallest absolute Gasteiger partial charge is 0.264 e. The van der Waals surface area contributed by atoms with Crippen LogP contribution in [0, 0.1) is 7.14 Å². The minimum atomic E-state index is 0.394. The van der Waals surface area contributed by atoms with Crippen molar-refractivity contribution < 1.29 is 9.47 Å². The SMILES string of the molecule is CN(C)C(=S)Oc1cc(I)ccc1-c1ccc(I)cc1OC(=S)N(C)C. The van der Waals surface area contributed by atoms with Crippen LogP contribution in [0.1, 0.15) is 0 Å². The molecule has 0 amide bonds. The highest BCUT2D eigenvalue weighted by Gasteiger charge is 2.16. The number of thiocarbonyl (C=S) groups is 2. The Morgan fingerprint density at radius 2 is 1.08 bits per heavy atom. The highest BCUT2D eigenvalue weighted by atomic mass is 127. The van der Waals surface area contributed by atoms with Gasteiger partial charge in [-0.1, -0.05) is 0 Å². The second-order valence-corrected chi connectivity index (χ2v) is 9.00. The van der Waals surface area contributed by atoms with E-state index in [1.54, 1.807) is 9.80 Å². The normalized spacial score (nSPS) is 10.2. The van der Waals surface area contributed by atoms with Gasteiger partial charge >= 0.3 is 0 Å². The molecule has 0 N–H and O–H groups in total. The molecule has 0 radical (unpaired) electrons. The van der Waals surface area contributed by atoms with Gasteiger partial charge in [0.2, 0.25) is 0 Å². The van der Waals surface area contributed by atoms with E-state index >= 15 is 0 Å². The van der Waals surface area contributed by atoms with E-state index in [1.807, 2.05) is 64.6 Å². The van der Waals surface area contributed by atoms with Crippen LogP contribution in [0.15, 0.2) is 36.4 Å². The van der Waals surface area contributed by atoms with Gasteiger partial charge in [-0.15, -0.1) is 0 Å². The Balaban J connectivity index is 2.54. The summed E-state index contributed by atoms with van der Waals surface area (Å²) in [6.07, 6.45) is 0. The fourth-order valence-corrected chi connectivity index (χ4v) is 3.08. The zero-order valence-electron chi connectivity index (χ0n) is 14.7. The molecular weight excluding hydrogens is 594 g/mol. The van der Waals surface area contributed by atoms with E-state index in [9.17, 15) is 0 Å². The van der Waals surface area contributed by atoms with Crippen LogP contribution in [0.4, 0.5) is 0 Å². The zero-order valence-corrected chi connectivity index (χ0v) is 20.7. The largest absolute Gasteiger partial charge is 0.431 e. The van der Waals surface area contributed by atoms with Gasteiger partial charge in [-0.25, -0.2) is 0 Å². The summed E-state index contributed by atoms with van der Waals surface area (Å²) >= 11 is 15.1. The summed E-state index contributed by atoms with van der Waals surface area (Å²) < 4.78 is 14.0. The van der Waals surface area contributed by atoms with Crippen LogP contribution in [-0.2, 0) is 0 Å². The molecule has 0 bridgehead atoms. The lowest BCUT2D eigenvalue weighted by atomic mass is 10.0. The minimum absolute atomic E-state index is 0.394. The standard InChI is InChI=1S/C18H18I2N2O2S2/c1-21(2)17(25)23-15-9-11(19)5-7-13(15)14-8-6-12(20)10-16(14)24-18(26)22(3)4/h5-10H,1-4H3. The quantitative estimate of drug-likeness (QED) is 0.357. The van der Waals surface area contributed by atoms with Gasteiger partial charge in [0.15, 0.2) is 0 Å². The highest BCUT2D eigenvalue weighted by molar-refractivity contribution is 14.1. The minimum Gasteiger partial charge on any atom is -0.431 e. The van der Waals surface area contributed by atoms with Crippen LogP contribution in [0.5, 0.6) is 11.5 Å². The number of nitrogens with zero attached hydrogens (tertiary/aromatic N) is 2. The monoisotopic (exact) mass is 612 g/mol. The van der Waals surface area contributed by atoms with Gasteiger partial charge < -0.3 is 19.3 Å². The van der Waals surface area contributed by atoms with Crippen molar-refractivity contribution in [2.75, 3.05) is 28.2 Å². The molecule has 138 valence electrons. The van der Waals surface area contributed by atoms with Gasteiger partial charge in [-0.05, 0) is 106 Å². The van der Waals surface area contributed by atoms with Crippen LogP contribution in [-0.4, -0.2) is 48.3 Å². The van der Waals surface area contributed by atoms with Crippen LogP contribution >= 0.6 is 69.6 Å². The molecule has 2 aromatic carbocycles. The maximum Gasteiger partial charge on any atom is 0.264 e. The van der Waals surface area contributed by atoms with Crippen molar-refractivity contribution in [2.45, 2.75) is 0 Å². The molecule has 0 aliphatic carbocycles. The summed E-state index contributed by atoms with van der Waals surface area (Å²) in [7, 11) is 7.41. The van der Waals surface area contributed by atoms with Crippen LogP contribution < -0.4 is 9.47 Å². The molecule has 2 aromatic rings. The van der Waals surface area contributed by atoms with E-state index in [0.29, 0.717) is 21.8 Å². The lowest BCUT2D eigenvalue weighted by Gasteiger charge is -2.20. The molecule has 0 saturated heterocycles. The molecule has 0 aliphatic heterocycles. The second-order valence-electron chi connectivity index (χ2n) is 5.81. The summed E-state index contributed by atoms with van der Waals surface area (Å²) in [5, 5.41) is 0.787. The summed E-state index contributed by atoms with van der Waals surface area (Å²) in [6.45, 7) is 0. The van der Waals surface area contributed by atoms with Crippen molar-refractivity contribution in [3.8, 4) is 22.6 Å². The van der Waals surface area contributed by atoms with Gasteiger partial charge in [0, 0.05) is 46.5 Å². The number of rotatable bonds is 3. The first-order valence-corrected chi connectivity index (χ1v) is 10.5. The number of ether oxygens (including phenoxy) is 2. The van der Waals surface area contributed by atoms with E-state index in [4.69, 9.17) is 33.9 Å². The van der Waals surface area contributed by atoms with Crippen LogP contribution in [0.2, 0.25) is 0 Å². The second kappa shape index (κ2) is 9.47. The Morgan fingerprint density at radius 3 is 1.38 bits per heavy atom. The summed E-state index contributed by atoms with van der Waals surface area (Å²) in [6, 6.07) is 12.0. The first-order valence-electron chi connectivity index (χ1n) is 7.56. The molecule has 4 nitrogen and oxygen atoms in total. The zero-order chi connectivity index (χ0) is 19.4. The predicted molar refractivity (Wildman–Crippen MR) is 131 cm³/mol. The fourth-order valence-electron chi connectivity index (χ4n) is 1.98. The van der Waals surface area contributed by atoms with Crippen molar-refractivity contribution >= 4 is 80.0 Å². The van der Waals surface area contributed by atoms with Crippen molar-refractivity contribution in [1.29, 1.82) is 0 Å². The van der Waals surface area contributed by atoms with Crippen LogP contribution in [0.25, 0.3) is 11.1 Å². The topological polar surface area (TPSA) is 24.9 Å². The van der Waals surface area contributed by atoms with Crippen LogP contribution in [0.3, 0.4) is 0 Å². The summed E-state index contributed by atoms with van der Waals surface area (Å²) in [5.74, 6) is 1.36. The van der Waals surface area contributed by atoms with Gasteiger partial charge in [0.1, 0.15) is 11.5 Å². The lowest BCUT2D eigenvalue weighted by Crippen LogP contribution is -2.25. The third kappa shape index (κ3) is 5.64. The number of benzene rings is 2. The van der Waals surface area contributed by atoms with E-state index < -0.39 is 0 Å². The van der Waals surface area contributed by atoms with Gasteiger partial charge in [0.05, 0.1) is 0 Å². The average molecular weight is 612 g/mol. The highest BCUT2D eigenvalue weighted by Crippen LogP contribution is 2.38. The Morgan fingerprint density at radius 1 is 0.731 bits per heavy atom. The molecule has 0 saturated carbocycles. The van der Waals surface area contributed by atoms with Gasteiger partial charge in [-0.2, -0.15) is 0 Å². The first kappa shape index (κ1) is 21.6. The number of halogens is 2. The summed E-state index contributed by atoms with van der Waals surface area (Å²) in [5.41, 5.74) is 1.78. The van der Waals surface area contributed by atoms with E-state index in [-0.39, 0.29) is 0 Å². The molecule has 0 aromatic heterocycles. The van der Waals surface area contributed by atoms with Gasteiger partial charge in [0.25, 0.3) is 10.3 Å². The number of hydrogen-bond acceptors (Lipinski definition) is 4. The van der Waals surface area contributed by atoms with Crippen molar-refractivity contribution in [3.63, 3.8) is 0 Å². The molecular formula is C18H18I2N2O2S2. The maximum absolute atomic E-state index is 5.93.